The van der Waals surface area contributed by atoms with Gasteiger partial charge in [-0.3, -0.25) is 0 Å². The van der Waals surface area contributed by atoms with Gasteiger partial charge in [0.15, 0.2) is 0 Å². The molecule has 0 aliphatic carbocycles. The van der Waals surface area contributed by atoms with Crippen molar-refractivity contribution in [3.05, 3.63) is 65.0 Å². The van der Waals surface area contributed by atoms with Crippen LogP contribution in [0.3, 0.4) is 0 Å². The fraction of sp³-hybridized carbons (Fsp3) is 0.125. The Morgan fingerprint density at radius 2 is 1.95 bits per heavy atom. The molecule has 1 aromatic heterocycles. The molecule has 0 atom stereocenters. The number of nitrogens with zero attached hydrogens (tertiary/aromatic N) is 1. The van der Waals surface area contributed by atoms with E-state index in [0.717, 1.165) is 16.9 Å². The number of carbonyl (C=O) groups is 1. The van der Waals surface area contributed by atoms with Crippen LogP contribution in [0.1, 0.15) is 27.3 Å². The van der Waals surface area contributed by atoms with Crippen LogP contribution in [0, 0.1) is 6.92 Å². The molecule has 0 amide bonds. The molecule has 1 heterocycles. The first-order valence-electron chi connectivity index (χ1n) is 6.39. The van der Waals surface area contributed by atoms with Crippen molar-refractivity contribution in [2.75, 3.05) is 0 Å². The number of fused-ring (bicyclic) bond motifs is 1. The van der Waals surface area contributed by atoms with Crippen LogP contribution in [0.25, 0.3) is 11.0 Å². The first-order valence-corrected chi connectivity index (χ1v) is 6.39. The van der Waals surface area contributed by atoms with Crippen molar-refractivity contribution >= 4 is 17.0 Å². The van der Waals surface area contributed by atoms with Crippen LogP contribution in [0.15, 0.2) is 42.5 Å². The van der Waals surface area contributed by atoms with Gasteiger partial charge in [-0.25, -0.2) is 9.78 Å². The van der Waals surface area contributed by atoms with E-state index in [1.807, 2.05) is 0 Å². The van der Waals surface area contributed by atoms with Crippen LogP contribution in [0.5, 0.6) is 0 Å². The first-order chi connectivity index (χ1) is 9.61. The number of aryl methyl sites for hydroxylation is 1. The lowest BCUT2D eigenvalue weighted by atomic mass is 10.1. The maximum absolute atomic E-state index is 10.9. The largest absolute Gasteiger partial charge is 0.478 e. The van der Waals surface area contributed by atoms with Gasteiger partial charge in [0.2, 0.25) is 0 Å². The van der Waals surface area contributed by atoms with Crippen molar-refractivity contribution in [2.45, 2.75) is 13.3 Å². The monoisotopic (exact) mass is 266 g/mol. The van der Waals surface area contributed by atoms with Crippen molar-refractivity contribution in [2.24, 2.45) is 0 Å². The minimum absolute atomic E-state index is 0.267. The van der Waals surface area contributed by atoms with E-state index >= 15 is 0 Å². The van der Waals surface area contributed by atoms with Crippen molar-refractivity contribution in [1.82, 2.24) is 9.97 Å². The molecule has 20 heavy (non-hydrogen) atoms. The molecule has 2 aromatic carbocycles. The summed E-state index contributed by atoms with van der Waals surface area (Å²) >= 11 is 0. The number of H-pyrrole nitrogens is 1. The highest BCUT2D eigenvalue weighted by Crippen LogP contribution is 2.16. The van der Waals surface area contributed by atoms with E-state index in [0.29, 0.717) is 6.42 Å². The summed E-state index contributed by atoms with van der Waals surface area (Å²) in [5.41, 5.74) is 4.21. The highest BCUT2D eigenvalue weighted by atomic mass is 16.4. The summed E-state index contributed by atoms with van der Waals surface area (Å²) in [5.74, 6) is -0.0898. The van der Waals surface area contributed by atoms with E-state index in [4.69, 9.17) is 5.11 Å². The van der Waals surface area contributed by atoms with E-state index in [2.05, 4.69) is 41.2 Å². The first kappa shape index (κ1) is 12.4. The molecule has 0 saturated carbocycles. The quantitative estimate of drug-likeness (QED) is 0.765. The molecule has 0 radical (unpaired) electrons. The van der Waals surface area contributed by atoms with Crippen molar-refractivity contribution in [1.29, 1.82) is 0 Å². The molecule has 4 nitrogen and oxygen atoms in total. The molecule has 3 rings (SSSR count). The van der Waals surface area contributed by atoms with Crippen LogP contribution < -0.4 is 0 Å². The second-order valence-electron chi connectivity index (χ2n) is 4.88. The second kappa shape index (κ2) is 4.81. The smallest absolute Gasteiger partial charge is 0.335 e. The Hall–Kier alpha value is -2.62. The predicted octanol–water partition coefficient (Wildman–Crippen LogP) is 3.16. The van der Waals surface area contributed by atoms with E-state index < -0.39 is 5.97 Å². The van der Waals surface area contributed by atoms with Crippen molar-refractivity contribution < 1.29 is 9.90 Å². The Balaban J connectivity index is 1.92. The minimum atomic E-state index is -0.929. The number of imidazole rings is 1. The standard InChI is InChI=1S/C16H14N2O2/c1-10-2-4-11(5-3-10)8-15-17-13-7-6-12(16(19)20)9-14(13)18-15/h2-7,9H,8H2,1H3,(H,17,18)(H,19,20). The van der Waals surface area contributed by atoms with Crippen LogP contribution >= 0.6 is 0 Å². The second-order valence-corrected chi connectivity index (χ2v) is 4.88. The van der Waals surface area contributed by atoms with E-state index in [1.54, 1.807) is 18.2 Å². The zero-order chi connectivity index (χ0) is 14.1. The molecule has 0 aliphatic heterocycles. The average molecular weight is 266 g/mol. The van der Waals surface area contributed by atoms with Gasteiger partial charge in [-0.15, -0.1) is 0 Å². The predicted molar refractivity (Wildman–Crippen MR) is 77.0 cm³/mol. The van der Waals surface area contributed by atoms with Gasteiger partial charge < -0.3 is 10.1 Å². The molecule has 0 fully saturated rings. The zero-order valence-corrected chi connectivity index (χ0v) is 11.1. The number of carboxylic acids is 1. The van der Waals surface area contributed by atoms with Gasteiger partial charge in [-0.2, -0.15) is 0 Å². The summed E-state index contributed by atoms with van der Waals surface area (Å²) in [4.78, 5) is 18.6. The number of hydrogen-bond acceptors (Lipinski definition) is 2. The third kappa shape index (κ3) is 2.40. The van der Waals surface area contributed by atoms with Gasteiger partial charge in [-0.05, 0) is 30.7 Å². The number of rotatable bonds is 3. The zero-order valence-electron chi connectivity index (χ0n) is 11.1. The lowest BCUT2D eigenvalue weighted by Crippen LogP contribution is -1.94. The van der Waals surface area contributed by atoms with Gasteiger partial charge >= 0.3 is 5.97 Å². The molecule has 100 valence electrons. The summed E-state index contributed by atoms with van der Waals surface area (Å²) in [6.07, 6.45) is 0.706. The van der Waals surface area contributed by atoms with Gasteiger partial charge in [0, 0.05) is 6.42 Å². The van der Waals surface area contributed by atoms with Crippen LogP contribution in [-0.2, 0) is 6.42 Å². The molecular formula is C16H14N2O2. The molecule has 2 N–H and O–H groups in total. The molecule has 0 bridgehead atoms. The summed E-state index contributed by atoms with van der Waals surface area (Å²) in [7, 11) is 0. The van der Waals surface area contributed by atoms with Gasteiger partial charge in [0.1, 0.15) is 5.82 Å². The number of hydrogen-bond donors (Lipinski definition) is 2. The highest BCUT2D eigenvalue weighted by Gasteiger charge is 2.08. The average Bonchev–Trinajstić information content (AvgIpc) is 2.82. The Bertz CT molecular complexity index is 773. The molecule has 0 saturated heterocycles. The Labute approximate surface area is 116 Å². The normalized spacial score (nSPS) is 10.8. The van der Waals surface area contributed by atoms with Crippen molar-refractivity contribution in [3.63, 3.8) is 0 Å². The number of aromatic nitrogens is 2. The molecule has 4 heteroatoms. The summed E-state index contributed by atoms with van der Waals surface area (Å²) in [6, 6.07) is 13.2. The SMILES string of the molecule is Cc1ccc(Cc2nc3ccc(C(=O)O)cc3[nH]2)cc1. The fourth-order valence-corrected chi connectivity index (χ4v) is 2.18. The third-order valence-corrected chi connectivity index (χ3v) is 3.27. The number of carboxylic acid groups (broad SMARTS) is 1. The maximum Gasteiger partial charge on any atom is 0.335 e. The number of aromatic carboxylic acids is 1. The summed E-state index contributed by atoms with van der Waals surface area (Å²) in [5, 5.41) is 8.98. The Morgan fingerprint density at radius 1 is 1.20 bits per heavy atom. The van der Waals surface area contributed by atoms with Crippen LogP contribution in [0.4, 0.5) is 0 Å². The summed E-state index contributed by atoms with van der Waals surface area (Å²) in [6.45, 7) is 2.05. The van der Waals surface area contributed by atoms with Crippen LogP contribution in [0.2, 0.25) is 0 Å². The van der Waals surface area contributed by atoms with E-state index in [1.165, 1.54) is 11.1 Å². The van der Waals surface area contributed by atoms with Gasteiger partial charge in [0.25, 0.3) is 0 Å². The summed E-state index contributed by atoms with van der Waals surface area (Å²) < 4.78 is 0. The molecule has 0 spiro atoms. The molecule has 0 aliphatic rings. The van der Waals surface area contributed by atoms with Crippen molar-refractivity contribution in [3.8, 4) is 0 Å². The van der Waals surface area contributed by atoms with Gasteiger partial charge in [-0.1, -0.05) is 29.8 Å². The van der Waals surface area contributed by atoms with Crippen LogP contribution in [-0.4, -0.2) is 21.0 Å². The molecule has 0 unspecified atom stereocenters. The number of nitrogens with one attached hydrogen (secondary N) is 1. The number of benzene rings is 2. The lowest BCUT2D eigenvalue weighted by molar-refractivity contribution is 0.0697. The van der Waals surface area contributed by atoms with Gasteiger partial charge in [0.05, 0.1) is 16.6 Å². The highest BCUT2D eigenvalue weighted by molar-refractivity contribution is 5.92. The topological polar surface area (TPSA) is 66.0 Å². The van der Waals surface area contributed by atoms with E-state index in [9.17, 15) is 4.79 Å². The molecular weight excluding hydrogens is 252 g/mol. The third-order valence-electron chi connectivity index (χ3n) is 3.27. The number of aromatic amines is 1. The fourth-order valence-electron chi connectivity index (χ4n) is 2.18. The Kier molecular flexibility index (Phi) is 2.99. The van der Waals surface area contributed by atoms with E-state index in [-0.39, 0.29) is 5.56 Å². The lowest BCUT2D eigenvalue weighted by Gasteiger charge is -1.98. The molecule has 3 aromatic rings. The maximum atomic E-state index is 10.9. The minimum Gasteiger partial charge on any atom is -0.478 e. The Morgan fingerprint density at radius 3 is 2.65 bits per heavy atom.